The molecule has 0 unspecified atom stereocenters. The van der Waals surface area contributed by atoms with Crippen molar-refractivity contribution in [2.45, 2.75) is 44.0 Å². The van der Waals surface area contributed by atoms with Gasteiger partial charge >= 0.3 is 0 Å². The lowest BCUT2D eigenvalue weighted by Gasteiger charge is -2.31. The number of aliphatic hydroxyl groups excluding tert-OH is 1. The molecule has 1 aliphatic heterocycles. The van der Waals surface area contributed by atoms with Gasteiger partial charge in [0.05, 0.1) is 13.2 Å². The summed E-state index contributed by atoms with van der Waals surface area (Å²) in [5.41, 5.74) is 0. The van der Waals surface area contributed by atoms with Crippen LogP contribution in [0.3, 0.4) is 0 Å². The Hall–Kier alpha value is -0.380. The van der Waals surface area contributed by atoms with E-state index in [1.165, 1.54) is 19.3 Å². The zero-order valence-electron chi connectivity index (χ0n) is 8.45. The van der Waals surface area contributed by atoms with Crippen LogP contribution in [0.25, 0.3) is 0 Å². The fraction of sp³-hybridized carbons (Fsp3) is 0.818. The first-order valence-electron chi connectivity index (χ1n) is 5.44. The number of rotatable bonds is 2. The molecule has 1 spiro atoms. The monoisotopic (exact) mass is 198 g/mol. The van der Waals surface area contributed by atoms with Crippen LogP contribution in [0.5, 0.6) is 0 Å². The number of hydrogen-bond donors (Lipinski definition) is 1. The van der Waals surface area contributed by atoms with Gasteiger partial charge in [0.1, 0.15) is 6.10 Å². The molecule has 0 aromatic heterocycles. The first kappa shape index (κ1) is 10.1. The fourth-order valence-electron chi connectivity index (χ4n) is 2.24. The van der Waals surface area contributed by atoms with Crippen LogP contribution in [-0.2, 0) is 9.47 Å². The molecule has 1 aliphatic carbocycles. The minimum atomic E-state index is -0.289. The Balaban J connectivity index is 1.89. The summed E-state index contributed by atoms with van der Waals surface area (Å²) in [5, 5.41) is 8.65. The summed E-state index contributed by atoms with van der Waals surface area (Å²) < 4.78 is 11.6. The maximum Gasteiger partial charge on any atom is 0.169 e. The summed E-state index contributed by atoms with van der Waals surface area (Å²) in [6.45, 7) is 0.712. The zero-order chi connectivity index (χ0) is 9.86. The Morgan fingerprint density at radius 3 is 2.79 bits per heavy atom. The Morgan fingerprint density at radius 2 is 2.07 bits per heavy atom. The summed E-state index contributed by atoms with van der Waals surface area (Å²) in [5.74, 6) is -0.289. The SMILES string of the molecule is OC/C=C\[C@H]1COC2(CCCCC2)O1. The first-order valence-corrected chi connectivity index (χ1v) is 5.44. The molecule has 0 amide bonds. The molecule has 2 aliphatic rings. The molecule has 2 fully saturated rings. The van der Waals surface area contributed by atoms with Gasteiger partial charge in [-0.05, 0) is 12.8 Å². The average Bonchev–Trinajstić information content (AvgIpc) is 2.60. The lowest BCUT2D eigenvalue weighted by atomic mass is 9.94. The number of hydrogen-bond acceptors (Lipinski definition) is 3. The van der Waals surface area contributed by atoms with E-state index in [2.05, 4.69) is 0 Å². The lowest BCUT2D eigenvalue weighted by molar-refractivity contribution is -0.182. The maximum absolute atomic E-state index is 8.65. The molecule has 2 rings (SSSR count). The van der Waals surface area contributed by atoms with Crippen LogP contribution < -0.4 is 0 Å². The van der Waals surface area contributed by atoms with Crippen LogP contribution in [0, 0.1) is 0 Å². The van der Waals surface area contributed by atoms with E-state index in [4.69, 9.17) is 14.6 Å². The van der Waals surface area contributed by atoms with E-state index in [1.54, 1.807) is 6.08 Å². The van der Waals surface area contributed by atoms with E-state index in [-0.39, 0.29) is 18.5 Å². The molecule has 1 saturated heterocycles. The van der Waals surface area contributed by atoms with Gasteiger partial charge in [0.2, 0.25) is 0 Å². The highest BCUT2D eigenvalue weighted by atomic mass is 16.7. The molecule has 14 heavy (non-hydrogen) atoms. The van der Waals surface area contributed by atoms with E-state index >= 15 is 0 Å². The highest BCUT2D eigenvalue weighted by Gasteiger charge is 2.41. The van der Waals surface area contributed by atoms with Gasteiger partial charge < -0.3 is 14.6 Å². The Kier molecular flexibility index (Phi) is 3.21. The van der Waals surface area contributed by atoms with Crippen molar-refractivity contribution >= 4 is 0 Å². The van der Waals surface area contributed by atoms with Crippen LogP contribution in [0.1, 0.15) is 32.1 Å². The summed E-state index contributed by atoms with van der Waals surface area (Å²) in [7, 11) is 0. The van der Waals surface area contributed by atoms with Crippen LogP contribution >= 0.6 is 0 Å². The normalized spacial score (nSPS) is 31.6. The Bertz CT molecular complexity index is 207. The molecular weight excluding hydrogens is 180 g/mol. The quantitative estimate of drug-likeness (QED) is 0.685. The molecule has 1 N–H and O–H groups in total. The molecule has 1 atom stereocenters. The van der Waals surface area contributed by atoms with Gasteiger partial charge in [-0.3, -0.25) is 0 Å². The van der Waals surface area contributed by atoms with E-state index in [0.717, 1.165) is 12.8 Å². The van der Waals surface area contributed by atoms with Crippen molar-refractivity contribution < 1.29 is 14.6 Å². The van der Waals surface area contributed by atoms with Crippen molar-refractivity contribution in [3.8, 4) is 0 Å². The van der Waals surface area contributed by atoms with Gasteiger partial charge in [0.15, 0.2) is 5.79 Å². The fourth-order valence-corrected chi connectivity index (χ4v) is 2.24. The molecule has 0 bridgehead atoms. The second-order valence-corrected chi connectivity index (χ2v) is 4.05. The number of ether oxygens (including phenoxy) is 2. The van der Waals surface area contributed by atoms with Crippen LogP contribution in [0.2, 0.25) is 0 Å². The van der Waals surface area contributed by atoms with Crippen molar-refractivity contribution in [3.05, 3.63) is 12.2 Å². The highest BCUT2D eigenvalue weighted by Crippen LogP contribution is 2.37. The van der Waals surface area contributed by atoms with Crippen molar-refractivity contribution in [2.75, 3.05) is 13.2 Å². The third-order valence-electron chi connectivity index (χ3n) is 2.95. The van der Waals surface area contributed by atoms with Crippen LogP contribution in [-0.4, -0.2) is 30.2 Å². The molecule has 80 valence electrons. The van der Waals surface area contributed by atoms with Crippen LogP contribution in [0.4, 0.5) is 0 Å². The standard InChI is InChI=1S/C11H18O3/c12-8-4-5-10-9-13-11(14-10)6-2-1-3-7-11/h4-5,10,12H,1-3,6-9H2/b5-4-/t10-/m0/s1. The Labute approximate surface area is 84.7 Å². The van der Waals surface area contributed by atoms with Gasteiger partial charge in [0.25, 0.3) is 0 Å². The third kappa shape index (κ3) is 2.16. The average molecular weight is 198 g/mol. The smallest absolute Gasteiger partial charge is 0.169 e. The minimum absolute atomic E-state index is 0.0419. The van der Waals surface area contributed by atoms with Crippen LogP contribution in [0.15, 0.2) is 12.2 Å². The van der Waals surface area contributed by atoms with E-state index in [0.29, 0.717) is 6.61 Å². The van der Waals surface area contributed by atoms with Gasteiger partial charge in [-0.15, -0.1) is 0 Å². The zero-order valence-corrected chi connectivity index (χ0v) is 8.45. The molecule has 1 heterocycles. The molecule has 0 aromatic rings. The van der Waals surface area contributed by atoms with Gasteiger partial charge in [-0.25, -0.2) is 0 Å². The summed E-state index contributed by atoms with van der Waals surface area (Å²) in [6.07, 6.45) is 9.41. The largest absolute Gasteiger partial charge is 0.392 e. The molecule has 3 heteroatoms. The predicted octanol–water partition coefficient (Wildman–Crippen LogP) is 1.61. The Morgan fingerprint density at radius 1 is 1.29 bits per heavy atom. The van der Waals surface area contributed by atoms with Gasteiger partial charge in [-0.2, -0.15) is 0 Å². The summed E-state index contributed by atoms with van der Waals surface area (Å²) >= 11 is 0. The van der Waals surface area contributed by atoms with E-state index in [9.17, 15) is 0 Å². The van der Waals surface area contributed by atoms with Crippen molar-refractivity contribution in [2.24, 2.45) is 0 Å². The third-order valence-corrected chi connectivity index (χ3v) is 2.95. The molecule has 0 aromatic carbocycles. The predicted molar refractivity (Wildman–Crippen MR) is 52.9 cm³/mol. The van der Waals surface area contributed by atoms with Crippen molar-refractivity contribution in [3.63, 3.8) is 0 Å². The van der Waals surface area contributed by atoms with E-state index in [1.807, 2.05) is 6.08 Å². The maximum atomic E-state index is 8.65. The minimum Gasteiger partial charge on any atom is -0.392 e. The summed E-state index contributed by atoms with van der Waals surface area (Å²) in [4.78, 5) is 0. The topological polar surface area (TPSA) is 38.7 Å². The second-order valence-electron chi connectivity index (χ2n) is 4.05. The summed E-state index contributed by atoms with van der Waals surface area (Å²) in [6, 6.07) is 0. The van der Waals surface area contributed by atoms with Gasteiger partial charge in [-0.1, -0.05) is 18.6 Å². The second kappa shape index (κ2) is 4.43. The van der Waals surface area contributed by atoms with Gasteiger partial charge in [0, 0.05) is 12.8 Å². The van der Waals surface area contributed by atoms with Crippen molar-refractivity contribution in [1.29, 1.82) is 0 Å². The molecular formula is C11H18O3. The lowest BCUT2D eigenvalue weighted by Crippen LogP contribution is -2.33. The highest BCUT2D eigenvalue weighted by molar-refractivity contribution is 4.94. The molecule has 3 nitrogen and oxygen atoms in total. The molecule has 1 saturated carbocycles. The van der Waals surface area contributed by atoms with Crippen molar-refractivity contribution in [1.82, 2.24) is 0 Å². The first-order chi connectivity index (χ1) is 6.85. The molecule has 0 radical (unpaired) electrons. The van der Waals surface area contributed by atoms with E-state index < -0.39 is 0 Å². The number of aliphatic hydroxyl groups is 1.